The van der Waals surface area contributed by atoms with E-state index in [0.717, 1.165) is 11.9 Å². The van der Waals surface area contributed by atoms with Crippen molar-refractivity contribution in [3.63, 3.8) is 0 Å². The van der Waals surface area contributed by atoms with E-state index in [2.05, 4.69) is 29.4 Å². The third-order valence-electron chi connectivity index (χ3n) is 4.15. The van der Waals surface area contributed by atoms with Crippen LogP contribution in [0.3, 0.4) is 0 Å². The second-order valence-corrected chi connectivity index (χ2v) is 5.64. The lowest BCUT2D eigenvalue weighted by molar-refractivity contribution is -0.140. The molecule has 1 aromatic heterocycles. The van der Waals surface area contributed by atoms with Gasteiger partial charge in [0.1, 0.15) is 0 Å². The van der Waals surface area contributed by atoms with Crippen LogP contribution < -0.4 is 5.32 Å². The fourth-order valence-corrected chi connectivity index (χ4v) is 2.78. The normalized spacial score (nSPS) is 20.4. The Balaban J connectivity index is 1.57. The Kier molecular flexibility index (Phi) is 3.41. The van der Waals surface area contributed by atoms with Gasteiger partial charge in [0.2, 0.25) is 5.91 Å². The quantitative estimate of drug-likeness (QED) is 0.784. The lowest BCUT2D eigenvalue weighted by atomic mass is 10.1. The molecule has 0 radical (unpaired) electrons. The Hall–Kier alpha value is -2.30. The summed E-state index contributed by atoms with van der Waals surface area (Å²) in [6.45, 7) is 2.59. The lowest BCUT2D eigenvalue weighted by Gasteiger charge is -2.04. The van der Waals surface area contributed by atoms with Gasteiger partial charge in [-0.2, -0.15) is 0 Å². The van der Waals surface area contributed by atoms with Gasteiger partial charge in [-0.15, -0.1) is 0 Å². The Bertz CT molecular complexity index is 705. The Morgan fingerprint density at radius 2 is 2.19 bits per heavy atom. The van der Waals surface area contributed by atoms with Gasteiger partial charge in [-0.3, -0.25) is 9.59 Å². The molecule has 2 unspecified atom stereocenters. The van der Waals surface area contributed by atoms with Gasteiger partial charge in [0, 0.05) is 23.6 Å². The number of amides is 1. The summed E-state index contributed by atoms with van der Waals surface area (Å²) in [5.41, 5.74) is 3.50. The number of H-pyrrole nitrogens is 1. The van der Waals surface area contributed by atoms with Crippen LogP contribution in [0.15, 0.2) is 24.4 Å². The summed E-state index contributed by atoms with van der Waals surface area (Å²) in [6.07, 6.45) is 3.17. The van der Waals surface area contributed by atoms with E-state index in [1.165, 1.54) is 16.5 Å². The van der Waals surface area contributed by atoms with Crippen LogP contribution in [-0.4, -0.2) is 28.5 Å². The molecule has 3 N–H and O–H groups in total. The van der Waals surface area contributed by atoms with Crippen molar-refractivity contribution in [1.82, 2.24) is 10.3 Å². The summed E-state index contributed by atoms with van der Waals surface area (Å²) in [6, 6.07) is 6.15. The maximum Gasteiger partial charge on any atom is 0.307 e. The van der Waals surface area contributed by atoms with Crippen molar-refractivity contribution in [1.29, 1.82) is 0 Å². The summed E-state index contributed by atoms with van der Waals surface area (Å²) >= 11 is 0. The number of nitrogens with one attached hydrogen (secondary N) is 2. The number of hydrogen-bond donors (Lipinski definition) is 3. The first-order valence-electron chi connectivity index (χ1n) is 7.14. The highest BCUT2D eigenvalue weighted by molar-refractivity contribution is 5.89. The van der Waals surface area contributed by atoms with Gasteiger partial charge in [0.25, 0.3) is 0 Å². The molecule has 0 aliphatic heterocycles. The zero-order valence-corrected chi connectivity index (χ0v) is 11.8. The zero-order valence-electron chi connectivity index (χ0n) is 11.8. The van der Waals surface area contributed by atoms with E-state index in [1.807, 2.05) is 12.3 Å². The van der Waals surface area contributed by atoms with Gasteiger partial charge in [0.05, 0.1) is 11.8 Å². The van der Waals surface area contributed by atoms with Gasteiger partial charge in [-0.25, -0.2) is 0 Å². The van der Waals surface area contributed by atoms with Crippen LogP contribution in [0.4, 0.5) is 0 Å². The third-order valence-corrected chi connectivity index (χ3v) is 4.15. The van der Waals surface area contributed by atoms with E-state index in [4.69, 9.17) is 5.11 Å². The van der Waals surface area contributed by atoms with E-state index in [-0.39, 0.29) is 11.8 Å². The van der Waals surface area contributed by atoms with E-state index in [1.54, 1.807) is 0 Å². The molecule has 2 aromatic rings. The molecule has 1 aromatic carbocycles. The fraction of sp³-hybridized carbons (Fsp3) is 0.375. The molecule has 1 aliphatic carbocycles. The molecule has 1 aliphatic rings. The van der Waals surface area contributed by atoms with Crippen LogP contribution in [-0.2, 0) is 16.0 Å². The molecule has 1 saturated carbocycles. The van der Waals surface area contributed by atoms with Crippen molar-refractivity contribution in [3.05, 3.63) is 35.5 Å². The highest BCUT2D eigenvalue weighted by atomic mass is 16.4. The highest BCUT2D eigenvalue weighted by Gasteiger charge is 2.48. The van der Waals surface area contributed by atoms with Crippen LogP contribution in [0.25, 0.3) is 10.9 Å². The number of aliphatic carboxylic acids is 1. The summed E-state index contributed by atoms with van der Waals surface area (Å²) in [5, 5.41) is 12.8. The first kappa shape index (κ1) is 13.7. The Morgan fingerprint density at radius 1 is 1.38 bits per heavy atom. The van der Waals surface area contributed by atoms with Gasteiger partial charge in [-0.1, -0.05) is 18.2 Å². The van der Waals surface area contributed by atoms with E-state index >= 15 is 0 Å². The molecule has 3 rings (SSSR count). The number of fused-ring (bicyclic) bond motifs is 1. The number of aromatic nitrogens is 1. The lowest BCUT2D eigenvalue weighted by Crippen LogP contribution is -2.28. The van der Waals surface area contributed by atoms with Gasteiger partial charge in [-0.05, 0) is 30.9 Å². The minimum absolute atomic E-state index is 0.140. The van der Waals surface area contributed by atoms with Crippen molar-refractivity contribution >= 4 is 22.8 Å². The number of carbonyl (C=O) groups excluding carboxylic acids is 1. The van der Waals surface area contributed by atoms with Gasteiger partial charge < -0.3 is 15.4 Å². The number of carboxylic acid groups (broad SMARTS) is 1. The van der Waals surface area contributed by atoms with E-state index in [0.29, 0.717) is 13.0 Å². The zero-order chi connectivity index (χ0) is 15.0. The molecule has 0 spiro atoms. The molecule has 1 heterocycles. The molecule has 5 nitrogen and oxygen atoms in total. The number of hydrogen-bond acceptors (Lipinski definition) is 2. The smallest absolute Gasteiger partial charge is 0.307 e. The van der Waals surface area contributed by atoms with Gasteiger partial charge in [0.15, 0.2) is 0 Å². The number of benzene rings is 1. The maximum atomic E-state index is 11.8. The second kappa shape index (κ2) is 5.24. The number of rotatable bonds is 5. The minimum atomic E-state index is -0.873. The number of aromatic amines is 1. The number of carbonyl (C=O) groups is 2. The van der Waals surface area contributed by atoms with Crippen LogP contribution in [0.5, 0.6) is 0 Å². The molecule has 1 fully saturated rings. The first-order valence-corrected chi connectivity index (χ1v) is 7.14. The number of para-hydroxylation sites is 1. The molecule has 0 saturated heterocycles. The first-order chi connectivity index (χ1) is 10.1. The van der Waals surface area contributed by atoms with Crippen molar-refractivity contribution < 1.29 is 14.7 Å². The average Bonchev–Trinajstić information content (AvgIpc) is 3.16. The Morgan fingerprint density at radius 3 is 2.90 bits per heavy atom. The van der Waals surface area contributed by atoms with Gasteiger partial charge >= 0.3 is 5.97 Å². The van der Waals surface area contributed by atoms with Crippen LogP contribution in [0, 0.1) is 18.8 Å². The van der Waals surface area contributed by atoms with Crippen molar-refractivity contribution in [2.45, 2.75) is 19.8 Å². The topological polar surface area (TPSA) is 82.2 Å². The van der Waals surface area contributed by atoms with Crippen molar-refractivity contribution in [2.24, 2.45) is 11.8 Å². The van der Waals surface area contributed by atoms with Crippen LogP contribution in [0.1, 0.15) is 17.5 Å². The predicted molar refractivity (Wildman–Crippen MR) is 79.0 cm³/mol. The molecule has 110 valence electrons. The molecular formula is C16H18N2O3. The monoisotopic (exact) mass is 286 g/mol. The summed E-state index contributed by atoms with van der Waals surface area (Å²) in [7, 11) is 0. The molecule has 5 heteroatoms. The van der Waals surface area contributed by atoms with Crippen molar-refractivity contribution in [3.8, 4) is 0 Å². The Labute approximate surface area is 122 Å². The molecule has 21 heavy (non-hydrogen) atoms. The minimum Gasteiger partial charge on any atom is -0.481 e. The molecule has 0 bridgehead atoms. The summed E-state index contributed by atoms with van der Waals surface area (Å²) in [4.78, 5) is 25.8. The summed E-state index contributed by atoms with van der Waals surface area (Å²) in [5.74, 6) is -1.84. The maximum absolute atomic E-state index is 11.8. The average molecular weight is 286 g/mol. The molecule has 1 amide bonds. The highest BCUT2D eigenvalue weighted by Crippen LogP contribution is 2.38. The SMILES string of the molecule is Cc1cccc2c(CCNC(=O)C3CC3C(=O)O)c[nH]c12. The number of carboxylic acids is 1. The standard InChI is InChI=1S/C16H18N2O3/c1-9-3-2-4-11-10(8-18-14(9)11)5-6-17-15(19)12-7-13(12)16(20)21/h2-4,8,12-13,18H,5-7H2,1H3,(H,17,19)(H,20,21). The second-order valence-electron chi connectivity index (χ2n) is 5.64. The number of aryl methyl sites for hydroxylation is 1. The van der Waals surface area contributed by atoms with Crippen molar-refractivity contribution in [2.75, 3.05) is 6.54 Å². The van der Waals surface area contributed by atoms with E-state index in [9.17, 15) is 9.59 Å². The van der Waals surface area contributed by atoms with Crippen LogP contribution >= 0.6 is 0 Å². The predicted octanol–water partition coefficient (Wildman–Crippen LogP) is 1.86. The molecular weight excluding hydrogens is 268 g/mol. The summed E-state index contributed by atoms with van der Waals surface area (Å²) < 4.78 is 0. The van der Waals surface area contributed by atoms with E-state index < -0.39 is 11.9 Å². The largest absolute Gasteiger partial charge is 0.481 e. The fourth-order valence-electron chi connectivity index (χ4n) is 2.78. The third kappa shape index (κ3) is 2.63. The molecule has 2 atom stereocenters. The van der Waals surface area contributed by atoms with Crippen LogP contribution in [0.2, 0.25) is 0 Å².